The third kappa shape index (κ3) is 3.32. The fraction of sp³-hybridized carbons (Fsp3) is 0.263. The summed E-state index contributed by atoms with van der Waals surface area (Å²) in [7, 11) is -3.64. The first kappa shape index (κ1) is 18.7. The molecule has 146 valence electrons. The Morgan fingerprint density at radius 2 is 1.71 bits per heavy atom. The molecule has 4 rings (SSSR count). The molecular formula is C19H18FN3O4S. The van der Waals surface area contributed by atoms with Crippen LogP contribution in [0, 0.1) is 5.82 Å². The molecule has 1 N–H and O–H groups in total. The predicted octanol–water partition coefficient (Wildman–Crippen LogP) is 1.10. The van der Waals surface area contributed by atoms with E-state index in [1.807, 2.05) is 0 Å². The molecule has 1 aromatic carbocycles. The maximum atomic E-state index is 13.0. The first-order valence-corrected chi connectivity index (χ1v) is 10.1. The number of carbonyl (C=O) groups is 1. The largest absolute Gasteiger partial charge is 0.378 e. The van der Waals surface area contributed by atoms with E-state index in [2.05, 4.69) is 4.98 Å². The number of hydrogen-bond donors (Lipinski definition) is 1. The minimum Gasteiger partial charge on any atom is -0.378 e. The van der Waals surface area contributed by atoms with Crippen LogP contribution in [0.3, 0.4) is 0 Å². The quantitative estimate of drug-likeness (QED) is 0.772. The number of amides is 1. The van der Waals surface area contributed by atoms with Crippen molar-refractivity contribution < 1.29 is 22.7 Å². The highest BCUT2D eigenvalue weighted by atomic mass is 32.2. The van der Waals surface area contributed by atoms with Gasteiger partial charge in [0.1, 0.15) is 10.7 Å². The standard InChI is InChI=1S/C19H18FN3O4S/c20-16-5-3-13(4-6-16)18(24)19(25)22-9-14-11-23(12-15(14)10-22)28(26,27)17-2-1-7-21-8-17/h1-8,18,24H,9-12H2/t18-/m1/s1. The second-order valence-corrected chi connectivity index (χ2v) is 8.76. The van der Waals surface area contributed by atoms with Crippen LogP contribution in [0.15, 0.2) is 64.8 Å². The zero-order valence-electron chi connectivity index (χ0n) is 14.8. The molecule has 0 saturated carbocycles. The van der Waals surface area contributed by atoms with E-state index < -0.39 is 27.9 Å². The highest BCUT2D eigenvalue weighted by molar-refractivity contribution is 7.89. The summed E-state index contributed by atoms with van der Waals surface area (Å²) in [5.74, 6) is -0.928. The van der Waals surface area contributed by atoms with Gasteiger partial charge in [-0.25, -0.2) is 12.8 Å². The summed E-state index contributed by atoms with van der Waals surface area (Å²) in [6.07, 6.45) is 1.45. The van der Waals surface area contributed by atoms with Gasteiger partial charge in [0, 0.05) is 38.6 Å². The van der Waals surface area contributed by atoms with Gasteiger partial charge in [-0.3, -0.25) is 9.78 Å². The van der Waals surface area contributed by atoms with Gasteiger partial charge in [-0.1, -0.05) is 12.1 Å². The number of aromatic nitrogens is 1. The lowest BCUT2D eigenvalue weighted by Crippen LogP contribution is -2.38. The highest BCUT2D eigenvalue weighted by Crippen LogP contribution is 2.31. The first-order chi connectivity index (χ1) is 13.4. The number of carbonyl (C=O) groups excluding carboxylic acids is 1. The molecule has 1 amide bonds. The molecule has 0 spiro atoms. The molecule has 7 nitrogen and oxygen atoms in total. The van der Waals surface area contributed by atoms with Crippen LogP contribution in [-0.2, 0) is 14.8 Å². The molecule has 3 heterocycles. The number of aliphatic hydroxyl groups is 1. The van der Waals surface area contributed by atoms with E-state index in [0.29, 0.717) is 5.56 Å². The number of sulfonamides is 1. The van der Waals surface area contributed by atoms with Crippen LogP contribution in [0.4, 0.5) is 4.39 Å². The Bertz CT molecular complexity index is 1020. The number of aliphatic hydroxyl groups excluding tert-OH is 1. The highest BCUT2D eigenvalue weighted by Gasteiger charge is 2.38. The molecule has 2 aromatic rings. The van der Waals surface area contributed by atoms with Gasteiger partial charge in [0.25, 0.3) is 5.91 Å². The van der Waals surface area contributed by atoms with E-state index in [9.17, 15) is 22.7 Å². The fourth-order valence-corrected chi connectivity index (χ4v) is 4.88. The van der Waals surface area contributed by atoms with Crippen molar-refractivity contribution in [3.8, 4) is 0 Å². The molecular weight excluding hydrogens is 385 g/mol. The van der Waals surface area contributed by atoms with Gasteiger partial charge in [0.15, 0.2) is 6.10 Å². The van der Waals surface area contributed by atoms with Gasteiger partial charge in [-0.05, 0) is 41.0 Å². The third-order valence-corrected chi connectivity index (χ3v) is 6.78. The summed E-state index contributed by atoms with van der Waals surface area (Å²) in [5, 5.41) is 10.3. The number of halogens is 1. The third-order valence-electron chi connectivity index (χ3n) is 5.00. The normalized spacial score (nSPS) is 18.4. The summed E-state index contributed by atoms with van der Waals surface area (Å²) < 4.78 is 39.8. The van der Waals surface area contributed by atoms with Crippen LogP contribution in [0.1, 0.15) is 11.7 Å². The molecule has 0 bridgehead atoms. The van der Waals surface area contributed by atoms with Gasteiger partial charge in [0.05, 0.1) is 0 Å². The van der Waals surface area contributed by atoms with E-state index >= 15 is 0 Å². The zero-order chi connectivity index (χ0) is 19.9. The van der Waals surface area contributed by atoms with Crippen molar-refractivity contribution in [2.75, 3.05) is 26.2 Å². The fourth-order valence-electron chi connectivity index (χ4n) is 3.48. The van der Waals surface area contributed by atoms with Gasteiger partial charge < -0.3 is 10.0 Å². The molecule has 28 heavy (non-hydrogen) atoms. The summed E-state index contributed by atoms with van der Waals surface area (Å²) in [6, 6.07) is 8.20. The van der Waals surface area contributed by atoms with E-state index in [1.165, 1.54) is 51.9 Å². The average Bonchev–Trinajstić information content (AvgIpc) is 3.28. The molecule has 0 unspecified atom stereocenters. The number of nitrogens with zero attached hydrogens (tertiary/aromatic N) is 3. The first-order valence-electron chi connectivity index (χ1n) is 8.68. The van der Waals surface area contributed by atoms with Crippen LogP contribution in [0.2, 0.25) is 0 Å². The van der Waals surface area contributed by atoms with Crippen LogP contribution < -0.4 is 0 Å². The van der Waals surface area contributed by atoms with E-state index in [1.54, 1.807) is 6.07 Å². The molecule has 0 radical (unpaired) electrons. The van der Waals surface area contributed by atoms with Crippen LogP contribution >= 0.6 is 0 Å². The summed E-state index contributed by atoms with van der Waals surface area (Å²) in [5.41, 5.74) is 2.05. The molecule has 0 saturated heterocycles. The second kappa shape index (κ2) is 7.08. The van der Waals surface area contributed by atoms with Crippen LogP contribution in [0.25, 0.3) is 0 Å². The van der Waals surface area contributed by atoms with Crippen molar-refractivity contribution in [3.05, 3.63) is 71.3 Å². The molecule has 1 atom stereocenters. The lowest BCUT2D eigenvalue weighted by Gasteiger charge is -2.24. The minimum atomic E-state index is -3.64. The van der Waals surface area contributed by atoms with Crippen LogP contribution in [0.5, 0.6) is 0 Å². The lowest BCUT2D eigenvalue weighted by atomic mass is 10.1. The SMILES string of the molecule is O=C([C@H](O)c1ccc(F)cc1)N1CC2=C(C1)CN(S(=O)(=O)c1cccnc1)C2. The molecule has 1 aromatic heterocycles. The smallest absolute Gasteiger partial charge is 0.256 e. The van der Waals surface area contributed by atoms with Gasteiger partial charge in [-0.2, -0.15) is 4.31 Å². The number of rotatable bonds is 4. The Morgan fingerprint density at radius 3 is 2.29 bits per heavy atom. The van der Waals surface area contributed by atoms with Crippen molar-refractivity contribution >= 4 is 15.9 Å². The van der Waals surface area contributed by atoms with E-state index in [4.69, 9.17) is 0 Å². The van der Waals surface area contributed by atoms with Gasteiger partial charge >= 0.3 is 0 Å². The summed E-state index contributed by atoms with van der Waals surface area (Å²) >= 11 is 0. The molecule has 0 aliphatic carbocycles. The maximum Gasteiger partial charge on any atom is 0.256 e. The number of benzene rings is 1. The number of hydrogen-bond acceptors (Lipinski definition) is 5. The number of pyridine rings is 1. The Hall–Kier alpha value is -2.62. The summed E-state index contributed by atoms with van der Waals surface area (Å²) in [6.45, 7) is 0.961. The van der Waals surface area contributed by atoms with Crippen molar-refractivity contribution in [2.45, 2.75) is 11.0 Å². The molecule has 2 aliphatic heterocycles. The Balaban J connectivity index is 1.42. The average molecular weight is 403 g/mol. The van der Waals surface area contributed by atoms with Crippen molar-refractivity contribution in [1.29, 1.82) is 0 Å². The molecule has 2 aliphatic rings. The van der Waals surface area contributed by atoms with E-state index in [-0.39, 0.29) is 31.1 Å². The van der Waals surface area contributed by atoms with Gasteiger partial charge in [0.2, 0.25) is 10.0 Å². The van der Waals surface area contributed by atoms with Crippen LogP contribution in [-0.4, -0.2) is 59.8 Å². The zero-order valence-corrected chi connectivity index (χ0v) is 15.6. The van der Waals surface area contributed by atoms with Crippen molar-refractivity contribution in [2.24, 2.45) is 0 Å². The maximum absolute atomic E-state index is 13.0. The molecule has 0 fully saturated rings. The van der Waals surface area contributed by atoms with Crippen molar-refractivity contribution in [1.82, 2.24) is 14.2 Å². The minimum absolute atomic E-state index is 0.135. The molecule has 9 heteroatoms. The summed E-state index contributed by atoms with van der Waals surface area (Å²) in [4.78, 5) is 18.1. The predicted molar refractivity (Wildman–Crippen MR) is 98.0 cm³/mol. The Kier molecular flexibility index (Phi) is 4.74. The van der Waals surface area contributed by atoms with E-state index in [0.717, 1.165) is 11.1 Å². The van der Waals surface area contributed by atoms with Crippen molar-refractivity contribution in [3.63, 3.8) is 0 Å². The lowest BCUT2D eigenvalue weighted by molar-refractivity contribution is -0.139. The Morgan fingerprint density at radius 1 is 1.07 bits per heavy atom. The second-order valence-electron chi connectivity index (χ2n) is 6.82. The van der Waals surface area contributed by atoms with Gasteiger partial charge in [-0.15, -0.1) is 0 Å². The monoisotopic (exact) mass is 403 g/mol. The Labute approximate surface area is 161 Å². The topological polar surface area (TPSA) is 90.8 Å².